The van der Waals surface area contributed by atoms with Crippen molar-refractivity contribution in [3.05, 3.63) is 83.4 Å². The molecule has 182 valence electrons. The Morgan fingerprint density at radius 3 is 2.46 bits per heavy atom. The van der Waals surface area contributed by atoms with E-state index in [9.17, 15) is 13.2 Å². The van der Waals surface area contributed by atoms with Crippen LogP contribution in [0.1, 0.15) is 16.8 Å². The molecule has 35 heavy (non-hydrogen) atoms. The molecule has 10 heteroatoms. The molecule has 0 spiro atoms. The maximum absolute atomic E-state index is 13.6. The van der Waals surface area contributed by atoms with Gasteiger partial charge >= 0.3 is 0 Å². The first-order valence-electron chi connectivity index (χ1n) is 10.9. The summed E-state index contributed by atoms with van der Waals surface area (Å²) in [4.78, 5) is 22.1. The fraction of sp³-hybridized carbons (Fsp3) is 0.200. The van der Waals surface area contributed by atoms with Crippen molar-refractivity contribution in [1.82, 2.24) is 9.88 Å². The number of benzene rings is 3. The molecule has 7 nitrogen and oxygen atoms in total. The molecule has 3 aromatic carbocycles. The lowest BCUT2D eigenvalue weighted by atomic mass is 10.2. The molecular weight excluding hydrogens is 504 g/mol. The third kappa shape index (κ3) is 6.18. The number of para-hydroxylation sites is 1. The molecule has 0 bridgehead atoms. The van der Waals surface area contributed by atoms with Gasteiger partial charge in [-0.25, -0.2) is 13.4 Å². The molecule has 0 radical (unpaired) electrons. The van der Waals surface area contributed by atoms with E-state index in [0.29, 0.717) is 27.9 Å². The average molecular weight is 529 g/mol. The van der Waals surface area contributed by atoms with E-state index < -0.39 is 10.0 Å². The number of halogens is 1. The van der Waals surface area contributed by atoms with Crippen molar-refractivity contribution in [3.8, 4) is 0 Å². The van der Waals surface area contributed by atoms with E-state index >= 15 is 0 Å². The Kier molecular flexibility index (Phi) is 7.71. The number of nitrogens with zero attached hydrogens (tertiary/aromatic N) is 3. The second kappa shape index (κ2) is 10.7. The number of rotatable bonds is 9. The summed E-state index contributed by atoms with van der Waals surface area (Å²) in [7, 11) is 0.137. The van der Waals surface area contributed by atoms with Crippen molar-refractivity contribution >= 4 is 59.9 Å². The minimum absolute atomic E-state index is 0.0819. The van der Waals surface area contributed by atoms with Crippen LogP contribution in [0, 0.1) is 0 Å². The van der Waals surface area contributed by atoms with Crippen molar-refractivity contribution in [1.29, 1.82) is 0 Å². The average Bonchev–Trinajstić information content (AvgIpc) is 3.25. The molecule has 0 fully saturated rings. The van der Waals surface area contributed by atoms with Gasteiger partial charge < -0.3 is 4.90 Å². The predicted molar refractivity (Wildman–Crippen MR) is 143 cm³/mol. The lowest BCUT2D eigenvalue weighted by molar-refractivity contribution is 0.0986. The highest BCUT2D eigenvalue weighted by Gasteiger charge is 2.22. The normalized spacial score (nSPS) is 11.7. The second-order valence-corrected chi connectivity index (χ2v) is 11.3. The van der Waals surface area contributed by atoms with E-state index in [2.05, 4.69) is 14.6 Å². The highest BCUT2D eigenvalue weighted by Crippen LogP contribution is 2.30. The van der Waals surface area contributed by atoms with Crippen molar-refractivity contribution in [2.75, 3.05) is 36.8 Å². The summed E-state index contributed by atoms with van der Waals surface area (Å²) in [6, 6.07) is 20.1. The first-order valence-corrected chi connectivity index (χ1v) is 13.6. The number of hydrogen-bond acceptors (Lipinski definition) is 6. The van der Waals surface area contributed by atoms with Gasteiger partial charge in [-0.3, -0.25) is 14.4 Å². The summed E-state index contributed by atoms with van der Waals surface area (Å²) in [5.41, 5.74) is 1.50. The number of nitrogens with one attached hydrogen (secondary N) is 1. The van der Waals surface area contributed by atoms with E-state index in [0.717, 1.165) is 23.2 Å². The number of carbonyl (C=O) groups excluding carboxylic acids is 1. The summed E-state index contributed by atoms with van der Waals surface area (Å²) in [6.07, 6.45) is 0.761. The third-order valence-electron chi connectivity index (χ3n) is 5.23. The Morgan fingerprint density at radius 1 is 1.00 bits per heavy atom. The lowest BCUT2D eigenvalue weighted by Crippen LogP contribution is -2.33. The number of hydrogen-bond donors (Lipinski definition) is 1. The third-order valence-corrected chi connectivity index (χ3v) is 7.94. The Morgan fingerprint density at radius 2 is 1.74 bits per heavy atom. The van der Waals surface area contributed by atoms with Crippen LogP contribution in [0.15, 0.2) is 77.7 Å². The number of amides is 1. The number of anilines is 2. The number of aromatic nitrogens is 1. The van der Waals surface area contributed by atoms with E-state index in [-0.39, 0.29) is 10.8 Å². The number of sulfonamides is 1. The van der Waals surface area contributed by atoms with Crippen LogP contribution in [0.25, 0.3) is 10.2 Å². The van der Waals surface area contributed by atoms with E-state index in [1.807, 2.05) is 38.4 Å². The molecule has 0 aliphatic rings. The van der Waals surface area contributed by atoms with Gasteiger partial charge in [0.2, 0.25) is 0 Å². The van der Waals surface area contributed by atoms with Crippen LogP contribution in [-0.4, -0.2) is 51.4 Å². The molecule has 1 heterocycles. The van der Waals surface area contributed by atoms with Crippen LogP contribution in [-0.2, 0) is 10.0 Å². The molecule has 1 N–H and O–H groups in total. The maximum Gasteiger partial charge on any atom is 0.261 e. The maximum atomic E-state index is 13.6. The summed E-state index contributed by atoms with van der Waals surface area (Å²) in [6.45, 7) is 1.30. The monoisotopic (exact) mass is 528 g/mol. The van der Waals surface area contributed by atoms with Gasteiger partial charge in [0.1, 0.15) is 0 Å². The van der Waals surface area contributed by atoms with Gasteiger partial charge in [0, 0.05) is 22.8 Å². The van der Waals surface area contributed by atoms with Crippen LogP contribution < -0.4 is 9.62 Å². The van der Waals surface area contributed by atoms with Crippen LogP contribution in [0.3, 0.4) is 0 Å². The van der Waals surface area contributed by atoms with Crippen molar-refractivity contribution in [2.24, 2.45) is 0 Å². The fourth-order valence-corrected chi connectivity index (χ4v) is 5.67. The Bertz CT molecular complexity index is 1400. The summed E-state index contributed by atoms with van der Waals surface area (Å²) < 4.78 is 29.1. The molecule has 4 aromatic rings. The van der Waals surface area contributed by atoms with Crippen LogP contribution in [0.4, 0.5) is 10.8 Å². The van der Waals surface area contributed by atoms with Crippen LogP contribution >= 0.6 is 22.9 Å². The highest BCUT2D eigenvalue weighted by molar-refractivity contribution is 7.92. The zero-order chi connectivity index (χ0) is 25.0. The zero-order valence-electron chi connectivity index (χ0n) is 19.3. The SMILES string of the molecule is CN(C)CCCN(C(=O)c1cccc(NS(=O)(=O)c2ccc(Cl)cc2)c1)c1nc2ccccc2s1. The molecule has 0 aliphatic heterocycles. The number of fused-ring (bicyclic) bond motifs is 1. The first kappa shape index (κ1) is 25.1. The molecule has 1 aromatic heterocycles. The molecule has 0 aliphatic carbocycles. The second-order valence-electron chi connectivity index (χ2n) is 8.22. The largest absolute Gasteiger partial charge is 0.309 e. The van der Waals surface area contributed by atoms with Crippen molar-refractivity contribution < 1.29 is 13.2 Å². The minimum Gasteiger partial charge on any atom is -0.309 e. The molecule has 4 rings (SSSR count). The molecular formula is C25H25ClN4O3S2. The summed E-state index contributed by atoms with van der Waals surface area (Å²) in [5.74, 6) is -0.240. The fourth-order valence-electron chi connectivity index (χ4n) is 3.50. The Labute approximate surface area is 214 Å². The first-order chi connectivity index (χ1) is 16.7. The quantitative estimate of drug-likeness (QED) is 0.317. The van der Waals surface area contributed by atoms with Crippen molar-refractivity contribution in [2.45, 2.75) is 11.3 Å². The lowest BCUT2D eigenvalue weighted by Gasteiger charge is -2.21. The number of thiazole rings is 1. The van der Waals surface area contributed by atoms with Gasteiger partial charge in [-0.05, 0) is 81.7 Å². The number of carbonyl (C=O) groups is 1. The van der Waals surface area contributed by atoms with Crippen LogP contribution in [0.5, 0.6) is 0 Å². The van der Waals surface area contributed by atoms with Gasteiger partial charge in [-0.15, -0.1) is 0 Å². The Hall–Kier alpha value is -2.98. The van der Waals surface area contributed by atoms with Gasteiger partial charge in [-0.2, -0.15) is 0 Å². The smallest absolute Gasteiger partial charge is 0.261 e. The van der Waals surface area contributed by atoms with E-state index in [1.165, 1.54) is 35.6 Å². The standard InChI is InChI=1S/C25H25ClN4O3S2/c1-29(2)15-6-16-30(25-27-22-9-3-4-10-23(22)34-25)24(31)18-7-5-8-20(17-18)28-35(32,33)21-13-11-19(26)12-14-21/h3-5,7-14,17,28H,6,15-16H2,1-2H3. The van der Waals surface area contributed by atoms with Gasteiger partial charge in [0.05, 0.1) is 15.1 Å². The molecule has 0 unspecified atom stereocenters. The molecule has 1 amide bonds. The molecule has 0 saturated heterocycles. The molecule has 0 saturated carbocycles. The summed E-state index contributed by atoms with van der Waals surface area (Å²) in [5, 5.41) is 1.06. The van der Waals surface area contributed by atoms with E-state index in [1.54, 1.807) is 29.2 Å². The topological polar surface area (TPSA) is 82.6 Å². The Balaban J connectivity index is 1.61. The van der Waals surface area contributed by atoms with Gasteiger partial charge in [0.15, 0.2) is 5.13 Å². The minimum atomic E-state index is -3.84. The van der Waals surface area contributed by atoms with Crippen LogP contribution in [0.2, 0.25) is 5.02 Å². The highest BCUT2D eigenvalue weighted by atomic mass is 35.5. The van der Waals surface area contributed by atoms with Gasteiger partial charge in [-0.1, -0.05) is 41.1 Å². The summed E-state index contributed by atoms with van der Waals surface area (Å²) >= 11 is 7.33. The van der Waals surface area contributed by atoms with Crippen molar-refractivity contribution in [3.63, 3.8) is 0 Å². The van der Waals surface area contributed by atoms with E-state index in [4.69, 9.17) is 11.6 Å². The van der Waals surface area contributed by atoms with Gasteiger partial charge in [0.25, 0.3) is 15.9 Å². The predicted octanol–water partition coefficient (Wildman–Crippen LogP) is 5.35. The molecule has 0 atom stereocenters. The zero-order valence-corrected chi connectivity index (χ0v) is 21.7.